The first-order valence-corrected chi connectivity index (χ1v) is 13.7. The summed E-state index contributed by atoms with van der Waals surface area (Å²) in [5.41, 5.74) is 0.908. The highest BCUT2D eigenvalue weighted by Crippen LogP contribution is 2.35. The molecule has 9 heteroatoms. The van der Waals surface area contributed by atoms with Crippen LogP contribution in [0.15, 0.2) is 53.3 Å². The van der Waals surface area contributed by atoms with Gasteiger partial charge < -0.3 is 24.8 Å². The van der Waals surface area contributed by atoms with Crippen LogP contribution < -0.4 is 20.9 Å². The van der Waals surface area contributed by atoms with E-state index in [-0.39, 0.29) is 11.5 Å². The van der Waals surface area contributed by atoms with E-state index in [0.29, 0.717) is 29.4 Å². The highest BCUT2D eigenvalue weighted by molar-refractivity contribution is 7.19. The van der Waals surface area contributed by atoms with E-state index in [1.54, 1.807) is 30.1 Å². The Labute approximate surface area is 225 Å². The Bertz CT molecular complexity index is 1490. The zero-order valence-corrected chi connectivity index (χ0v) is 22.6. The fourth-order valence-corrected chi connectivity index (χ4v) is 6.51. The standard InChI is InChI=1S/C28H31ClN4O3S/c1-30-28(35)22-16-26(34)33(23-15-19(36-2)7-8-20(22)23)14-13-32-11-9-18(10-12-32)31-17-25-27(29)21-5-3-4-6-24(21)37-25/h3-8,15-16,18,31H,9-14,17H2,1-2H3,(H,30,35). The van der Waals surface area contributed by atoms with Gasteiger partial charge in [-0.1, -0.05) is 29.8 Å². The molecule has 4 aromatic rings. The van der Waals surface area contributed by atoms with Crippen molar-refractivity contribution in [3.05, 3.63) is 74.3 Å². The van der Waals surface area contributed by atoms with Crippen molar-refractivity contribution < 1.29 is 9.53 Å². The van der Waals surface area contributed by atoms with E-state index < -0.39 is 0 Å². The molecule has 0 bridgehead atoms. The average Bonchev–Trinajstić information content (AvgIpc) is 3.26. The first-order chi connectivity index (χ1) is 18.0. The molecule has 5 rings (SSSR count). The molecule has 0 radical (unpaired) electrons. The first-order valence-electron chi connectivity index (χ1n) is 12.5. The van der Waals surface area contributed by atoms with Gasteiger partial charge in [-0.2, -0.15) is 0 Å². The molecular weight excluding hydrogens is 508 g/mol. The summed E-state index contributed by atoms with van der Waals surface area (Å²) in [6, 6.07) is 15.6. The van der Waals surface area contributed by atoms with Crippen molar-refractivity contribution in [3.8, 4) is 5.75 Å². The van der Waals surface area contributed by atoms with Crippen LogP contribution in [0.4, 0.5) is 0 Å². The van der Waals surface area contributed by atoms with Gasteiger partial charge in [-0.25, -0.2) is 0 Å². The lowest BCUT2D eigenvalue weighted by Crippen LogP contribution is -2.43. The van der Waals surface area contributed by atoms with E-state index in [1.807, 2.05) is 30.3 Å². The monoisotopic (exact) mass is 538 g/mol. The van der Waals surface area contributed by atoms with Crippen molar-refractivity contribution in [1.82, 2.24) is 20.1 Å². The molecule has 1 aliphatic heterocycles. The molecule has 1 saturated heterocycles. The molecule has 7 nitrogen and oxygen atoms in total. The number of aromatic nitrogens is 1. The Balaban J connectivity index is 1.22. The summed E-state index contributed by atoms with van der Waals surface area (Å²) < 4.78 is 8.36. The van der Waals surface area contributed by atoms with Gasteiger partial charge in [-0.05, 0) is 44.1 Å². The number of carbonyl (C=O) groups is 1. The Kier molecular flexibility index (Phi) is 7.81. The summed E-state index contributed by atoms with van der Waals surface area (Å²) in [4.78, 5) is 29.0. The van der Waals surface area contributed by atoms with Gasteiger partial charge >= 0.3 is 0 Å². The van der Waals surface area contributed by atoms with Crippen LogP contribution in [0, 0.1) is 0 Å². The molecule has 1 aliphatic rings. The molecule has 37 heavy (non-hydrogen) atoms. The van der Waals surface area contributed by atoms with Crippen molar-refractivity contribution in [2.45, 2.75) is 32.0 Å². The van der Waals surface area contributed by atoms with E-state index in [9.17, 15) is 9.59 Å². The minimum absolute atomic E-state index is 0.184. The Hall–Kier alpha value is -2.91. The second-order valence-corrected chi connectivity index (χ2v) is 10.9. The number of carbonyl (C=O) groups excluding carboxylic acids is 1. The molecule has 0 spiro atoms. The van der Waals surface area contributed by atoms with Crippen LogP contribution in [0.2, 0.25) is 5.02 Å². The van der Waals surface area contributed by atoms with Crippen LogP contribution in [0.5, 0.6) is 5.75 Å². The molecule has 2 aromatic carbocycles. The fraction of sp³-hybridized carbons (Fsp3) is 0.357. The molecule has 0 unspecified atom stereocenters. The predicted molar refractivity (Wildman–Crippen MR) is 151 cm³/mol. The number of methoxy groups -OCH3 is 1. The second-order valence-electron chi connectivity index (χ2n) is 9.34. The van der Waals surface area contributed by atoms with Crippen LogP contribution in [0.3, 0.4) is 0 Å². The number of nitrogens with zero attached hydrogens (tertiary/aromatic N) is 2. The molecule has 2 N–H and O–H groups in total. The maximum Gasteiger partial charge on any atom is 0.251 e. The summed E-state index contributed by atoms with van der Waals surface area (Å²) in [5, 5.41) is 9.05. The molecule has 0 atom stereocenters. The van der Waals surface area contributed by atoms with Crippen LogP contribution in [0.1, 0.15) is 28.1 Å². The lowest BCUT2D eigenvalue weighted by molar-refractivity contribution is 0.0964. The smallest absolute Gasteiger partial charge is 0.251 e. The van der Waals surface area contributed by atoms with Crippen molar-refractivity contribution >= 4 is 49.8 Å². The highest BCUT2D eigenvalue weighted by Gasteiger charge is 2.21. The van der Waals surface area contributed by atoms with Crippen LogP contribution in [-0.2, 0) is 13.1 Å². The molecule has 0 aliphatic carbocycles. The molecule has 1 fully saturated rings. The summed E-state index contributed by atoms with van der Waals surface area (Å²) in [7, 11) is 3.16. The minimum atomic E-state index is -0.272. The lowest BCUT2D eigenvalue weighted by Gasteiger charge is -2.32. The molecular formula is C28H31ClN4O3S. The minimum Gasteiger partial charge on any atom is -0.497 e. The average molecular weight is 539 g/mol. The van der Waals surface area contributed by atoms with Crippen LogP contribution in [-0.4, -0.2) is 55.2 Å². The number of benzene rings is 2. The molecule has 3 heterocycles. The maximum atomic E-state index is 13.0. The van der Waals surface area contributed by atoms with Gasteiger partial charge in [0, 0.05) is 65.2 Å². The number of ether oxygens (including phenoxy) is 1. The maximum absolute atomic E-state index is 13.0. The zero-order valence-electron chi connectivity index (χ0n) is 21.1. The third-order valence-corrected chi connectivity index (χ3v) is 8.89. The van der Waals surface area contributed by atoms with E-state index in [1.165, 1.54) is 15.6 Å². The predicted octanol–water partition coefficient (Wildman–Crippen LogP) is 4.49. The van der Waals surface area contributed by atoms with Crippen molar-refractivity contribution in [2.24, 2.45) is 0 Å². The number of amides is 1. The van der Waals surface area contributed by atoms with Gasteiger partial charge in [0.25, 0.3) is 11.5 Å². The topological polar surface area (TPSA) is 75.6 Å². The Morgan fingerprint density at radius 3 is 2.62 bits per heavy atom. The third-order valence-electron chi connectivity index (χ3n) is 7.17. The first kappa shape index (κ1) is 25.7. The van der Waals surface area contributed by atoms with Gasteiger partial charge in [-0.15, -0.1) is 11.3 Å². The number of halogens is 1. The van der Waals surface area contributed by atoms with E-state index >= 15 is 0 Å². The number of rotatable bonds is 8. The molecule has 194 valence electrons. The normalized spacial score (nSPS) is 14.9. The van der Waals surface area contributed by atoms with Gasteiger partial charge in [0.1, 0.15) is 5.75 Å². The number of thiophene rings is 1. The molecule has 2 aromatic heterocycles. The zero-order chi connectivity index (χ0) is 25.9. The molecule has 1 amide bonds. The second kappa shape index (κ2) is 11.2. The summed E-state index contributed by atoms with van der Waals surface area (Å²) in [6.45, 7) is 4.02. The third kappa shape index (κ3) is 5.38. The molecule has 0 saturated carbocycles. The Morgan fingerprint density at radius 1 is 1.11 bits per heavy atom. The van der Waals surface area contributed by atoms with Gasteiger partial charge in [0.15, 0.2) is 0 Å². The SMILES string of the molecule is CNC(=O)c1cc(=O)n(CCN2CCC(NCc3sc4ccccc4c3Cl)CC2)c2cc(OC)ccc12. The number of nitrogens with one attached hydrogen (secondary N) is 2. The van der Waals surface area contributed by atoms with Gasteiger partial charge in [-0.3, -0.25) is 9.59 Å². The largest absolute Gasteiger partial charge is 0.497 e. The number of hydrogen-bond donors (Lipinski definition) is 2. The summed E-state index contributed by atoms with van der Waals surface area (Å²) in [5.74, 6) is 0.381. The number of pyridine rings is 1. The van der Waals surface area contributed by atoms with Crippen molar-refractivity contribution in [1.29, 1.82) is 0 Å². The van der Waals surface area contributed by atoms with E-state index in [4.69, 9.17) is 16.3 Å². The van der Waals surface area contributed by atoms with Crippen molar-refractivity contribution in [2.75, 3.05) is 33.8 Å². The van der Waals surface area contributed by atoms with Gasteiger partial charge in [0.2, 0.25) is 0 Å². The summed E-state index contributed by atoms with van der Waals surface area (Å²) >= 11 is 8.37. The number of piperidine rings is 1. The van der Waals surface area contributed by atoms with Crippen LogP contribution >= 0.6 is 22.9 Å². The quantitative estimate of drug-likeness (QED) is 0.346. The highest BCUT2D eigenvalue weighted by atomic mass is 35.5. The number of fused-ring (bicyclic) bond motifs is 2. The van der Waals surface area contributed by atoms with E-state index in [2.05, 4.69) is 27.7 Å². The van der Waals surface area contributed by atoms with Crippen LogP contribution in [0.25, 0.3) is 21.0 Å². The number of hydrogen-bond acceptors (Lipinski definition) is 6. The summed E-state index contributed by atoms with van der Waals surface area (Å²) in [6.07, 6.45) is 2.09. The van der Waals surface area contributed by atoms with E-state index in [0.717, 1.165) is 54.8 Å². The van der Waals surface area contributed by atoms with Crippen molar-refractivity contribution in [3.63, 3.8) is 0 Å². The van der Waals surface area contributed by atoms with Gasteiger partial charge in [0.05, 0.1) is 23.2 Å². The Morgan fingerprint density at radius 2 is 1.89 bits per heavy atom. The lowest BCUT2D eigenvalue weighted by atomic mass is 10.0. The fourth-order valence-electron chi connectivity index (χ4n) is 5.06. The number of likely N-dealkylation sites (tertiary alicyclic amines) is 1.